The summed E-state index contributed by atoms with van der Waals surface area (Å²) in [5, 5.41) is 52.7. The number of likely N-dealkylation sites (tertiary alicyclic amines) is 1. The van der Waals surface area contributed by atoms with Crippen molar-refractivity contribution in [3.05, 3.63) is 84.1 Å². The fourth-order valence-electron chi connectivity index (χ4n) is 9.93. The predicted octanol–water partition coefficient (Wildman–Crippen LogP) is -2.37. The Morgan fingerprint density at radius 3 is 1.95 bits per heavy atom. The molecular weight excluding hydrogens is 1140 g/mol. The number of hydrogen-bond donors (Lipinski definition) is 16. The lowest BCUT2D eigenvalue weighted by atomic mass is 10.0. The van der Waals surface area contributed by atoms with E-state index in [1.54, 1.807) is 31.3 Å². The molecule has 0 spiro atoms. The molecule has 2 aliphatic rings. The van der Waals surface area contributed by atoms with E-state index in [0.717, 1.165) is 12.4 Å². The third-order valence-corrected chi connectivity index (χ3v) is 14.3. The summed E-state index contributed by atoms with van der Waals surface area (Å²) in [4.78, 5) is 162. The number of para-hydroxylation sites is 1. The molecule has 2 saturated heterocycles. The molecule has 9 atom stereocenters. The molecule has 18 N–H and O–H groups in total. The first-order valence-corrected chi connectivity index (χ1v) is 29.0. The molecule has 2 aromatic heterocycles. The first-order valence-electron chi connectivity index (χ1n) is 29.0. The van der Waals surface area contributed by atoms with Crippen molar-refractivity contribution in [2.24, 2.45) is 22.4 Å². The van der Waals surface area contributed by atoms with E-state index in [9.17, 15) is 58.2 Å². The van der Waals surface area contributed by atoms with Gasteiger partial charge in [0.05, 0.1) is 12.9 Å². The van der Waals surface area contributed by atoms with E-state index in [2.05, 4.69) is 67.8 Å². The number of hydrogen-bond acceptors (Lipinski definition) is 15. The lowest BCUT2D eigenvalue weighted by Gasteiger charge is -2.30. The highest BCUT2D eigenvalue weighted by atomic mass is 16.4. The molecule has 0 radical (unpaired) electrons. The molecule has 30 nitrogen and oxygen atoms in total. The topological polar surface area (TPSA) is 469 Å². The van der Waals surface area contributed by atoms with Crippen molar-refractivity contribution in [3.8, 4) is 5.75 Å². The molecule has 2 fully saturated rings. The zero-order chi connectivity index (χ0) is 64.6. The fourth-order valence-corrected chi connectivity index (χ4v) is 9.93. The number of carbonyl (C=O) groups excluding carboxylic acids is 10. The van der Waals surface area contributed by atoms with Gasteiger partial charge in [-0.05, 0) is 87.6 Å². The van der Waals surface area contributed by atoms with Gasteiger partial charge < -0.3 is 89.5 Å². The van der Waals surface area contributed by atoms with Crippen molar-refractivity contribution in [2.75, 3.05) is 26.2 Å². The van der Waals surface area contributed by atoms with Crippen LogP contribution in [0.3, 0.4) is 0 Å². The molecule has 6 rings (SSSR count). The van der Waals surface area contributed by atoms with Crippen molar-refractivity contribution in [1.29, 1.82) is 0 Å². The third kappa shape index (κ3) is 21.4. The number of aliphatic hydroxyl groups is 1. The van der Waals surface area contributed by atoms with Gasteiger partial charge in [0.25, 0.3) is 5.97 Å². The van der Waals surface area contributed by atoms with Gasteiger partial charge in [-0.3, -0.25) is 57.7 Å². The minimum Gasteiger partial charge on any atom is -0.508 e. The molecule has 2 aliphatic heterocycles. The van der Waals surface area contributed by atoms with E-state index in [-0.39, 0.29) is 93.9 Å². The smallest absolute Gasteiger partial charge is 0.300 e. The van der Waals surface area contributed by atoms with Gasteiger partial charge in [-0.25, -0.2) is 4.98 Å². The summed E-state index contributed by atoms with van der Waals surface area (Å²) < 4.78 is 0. The second-order valence-electron chi connectivity index (χ2n) is 21.8. The number of aliphatic imine (C=N–C) groups is 1. The first-order chi connectivity index (χ1) is 41.9. The summed E-state index contributed by atoms with van der Waals surface area (Å²) in [7, 11) is 0. The van der Waals surface area contributed by atoms with Crippen LogP contribution in [-0.4, -0.2) is 187 Å². The zero-order valence-corrected chi connectivity index (χ0v) is 49.9. The summed E-state index contributed by atoms with van der Waals surface area (Å²) in [5.41, 5.74) is 13.2. The summed E-state index contributed by atoms with van der Waals surface area (Å²) in [6.07, 6.45) is 5.75. The number of nitrogens with two attached hydrogens (primary N) is 2. The highest BCUT2D eigenvalue weighted by Gasteiger charge is 2.39. The number of H-pyrrole nitrogens is 2. The molecule has 0 bridgehead atoms. The predicted molar refractivity (Wildman–Crippen MR) is 320 cm³/mol. The number of nitrogens with one attached hydrogen (secondary N) is 11. The Bertz CT molecular complexity index is 3090. The van der Waals surface area contributed by atoms with Crippen molar-refractivity contribution in [1.82, 2.24) is 67.7 Å². The summed E-state index contributed by atoms with van der Waals surface area (Å²) in [6.45, 7) is 7.60. The van der Waals surface area contributed by atoms with Crippen LogP contribution in [0, 0.1) is 5.92 Å². The Kier molecular flexibility index (Phi) is 26.7. The number of aromatic hydroxyl groups is 1. The standard InChI is InChI=1S/C56H78N16O12.C2H4O2/c1-5-60-54(83)45-13-9-21-72(45)55(84)39(12-8-20-61-56(57)58)66-50(79)40(22-30(2)3)67-47(76)31(4)64-49(78)41(23-32-14-16-35(74)17-15-32)68-53(82)44(28-73)71-51(80)42(24-33-26-62-37-11-7-6-10-36(33)37)69-52(81)43(25-34-27-59-29-63-34)70-48(77)38-18-19-46(75)65-38;1-2(3)4/h6-7,10-11,14-17,26-27,29-31,38-45,62,73-74H,5,8-9,12-13,18-25,28H2,1-4H3,(H,59,63)(H,60,83)(H,64,78)(H,65,75)(H,66,79)(H,67,76)(H,68,82)(H,69,81)(H,70,77)(H,71,80)(H4,57,58,61);1H3,(H,3,4)/t31-,38+,39+,40+,41+,42+,43+,44+,45+;/m1./s1. The minimum atomic E-state index is -1.75. The fraction of sp³-hybridized carbons (Fsp3) is 0.500. The number of imidazole rings is 1. The van der Waals surface area contributed by atoms with Gasteiger partial charge in [0.1, 0.15) is 60.1 Å². The quantitative estimate of drug-likeness (QED) is 0.0147. The first kappa shape index (κ1) is 69.2. The van der Waals surface area contributed by atoms with E-state index < -0.39 is 114 Å². The average molecular weight is 1230 g/mol. The van der Waals surface area contributed by atoms with Gasteiger partial charge in [0, 0.05) is 81.2 Å². The SMILES string of the molecule is CC(=O)O.CCNC(=O)[C@@H]1CCCN1C(=O)[C@H](CCCN=C(N)N)NC(=O)[C@H](CC(C)C)NC(=O)[C@@H](C)NC(=O)[C@H](Cc1ccc(O)cc1)NC(=O)[C@H](CO)NC(=O)[C@H](Cc1c[nH]c2ccccc12)NC(=O)[C@H](Cc1cnc[nH]1)NC(=O)[C@@H]1CCC(=O)N1. The summed E-state index contributed by atoms with van der Waals surface area (Å²) >= 11 is 0. The van der Waals surface area contributed by atoms with E-state index in [0.29, 0.717) is 41.6 Å². The molecular formula is C58H82N16O14. The number of carbonyl (C=O) groups is 11. The van der Waals surface area contributed by atoms with Crippen LogP contribution >= 0.6 is 0 Å². The molecule has 4 aromatic rings. The second-order valence-corrected chi connectivity index (χ2v) is 21.8. The van der Waals surface area contributed by atoms with Crippen molar-refractivity contribution < 1.29 is 68.1 Å². The van der Waals surface area contributed by atoms with Gasteiger partial charge in [-0.2, -0.15) is 0 Å². The molecule has 2 aromatic carbocycles. The van der Waals surface area contributed by atoms with Crippen LogP contribution in [0.2, 0.25) is 0 Å². The zero-order valence-electron chi connectivity index (χ0n) is 49.9. The maximum absolute atomic E-state index is 14.5. The van der Waals surface area contributed by atoms with Crippen LogP contribution in [0.4, 0.5) is 0 Å². The molecule has 30 heteroatoms. The van der Waals surface area contributed by atoms with Gasteiger partial charge in [-0.1, -0.05) is 44.2 Å². The number of carboxylic acid groups (broad SMARTS) is 1. The largest absolute Gasteiger partial charge is 0.508 e. The van der Waals surface area contributed by atoms with Crippen molar-refractivity contribution in [2.45, 2.75) is 153 Å². The molecule has 0 saturated carbocycles. The van der Waals surface area contributed by atoms with E-state index in [1.165, 1.54) is 48.6 Å². The molecule has 4 heterocycles. The Balaban J connectivity index is 0.00000342. The second kappa shape index (κ2) is 33.9. The van der Waals surface area contributed by atoms with Gasteiger partial charge in [-0.15, -0.1) is 0 Å². The normalized spacial score (nSPS) is 16.8. The molecule has 10 amide bonds. The van der Waals surface area contributed by atoms with Gasteiger partial charge in [0.15, 0.2) is 5.96 Å². The van der Waals surface area contributed by atoms with E-state index in [1.807, 2.05) is 19.9 Å². The van der Waals surface area contributed by atoms with Crippen LogP contribution in [0.25, 0.3) is 10.9 Å². The Labute approximate surface area is 507 Å². The van der Waals surface area contributed by atoms with E-state index in [4.69, 9.17) is 21.4 Å². The van der Waals surface area contributed by atoms with Gasteiger partial charge in [0.2, 0.25) is 59.1 Å². The number of carboxylic acids is 1. The number of aromatic amines is 2. The van der Waals surface area contributed by atoms with E-state index >= 15 is 0 Å². The molecule has 88 heavy (non-hydrogen) atoms. The number of aliphatic hydroxyl groups excluding tert-OH is 1. The number of amides is 10. The minimum absolute atomic E-state index is 0.0879. The van der Waals surface area contributed by atoms with Crippen molar-refractivity contribution >= 4 is 81.9 Å². The van der Waals surface area contributed by atoms with Crippen LogP contribution < -0.4 is 59.3 Å². The maximum Gasteiger partial charge on any atom is 0.300 e. The summed E-state index contributed by atoms with van der Waals surface area (Å²) in [6, 6.07) is 1.50. The number of benzene rings is 2. The lowest BCUT2D eigenvalue weighted by Crippen LogP contribution is -2.61. The number of aliphatic carboxylic acids is 1. The molecule has 0 aliphatic carbocycles. The Morgan fingerprint density at radius 1 is 0.739 bits per heavy atom. The van der Waals surface area contributed by atoms with Crippen molar-refractivity contribution in [3.63, 3.8) is 0 Å². The lowest BCUT2D eigenvalue weighted by molar-refractivity contribution is -0.142. The highest BCUT2D eigenvalue weighted by molar-refractivity contribution is 5.99. The summed E-state index contributed by atoms with van der Waals surface area (Å²) in [5.74, 6) is -8.26. The molecule has 0 unspecified atom stereocenters. The number of likely N-dealkylation sites (N-methyl/N-ethyl adjacent to an activating group) is 1. The Hall–Kier alpha value is -9.61. The number of phenols is 1. The Morgan fingerprint density at radius 2 is 1.34 bits per heavy atom. The average Bonchev–Trinajstić information content (AvgIpc) is 4.56. The molecule has 478 valence electrons. The number of guanidine groups is 1. The van der Waals surface area contributed by atoms with Crippen LogP contribution in [0.1, 0.15) is 96.4 Å². The number of fused-ring (bicyclic) bond motifs is 1. The maximum atomic E-state index is 14.5. The number of nitrogens with zero attached hydrogens (tertiary/aromatic N) is 3. The highest BCUT2D eigenvalue weighted by Crippen LogP contribution is 2.22. The number of rotatable bonds is 30. The van der Waals surface area contributed by atoms with Gasteiger partial charge >= 0.3 is 0 Å². The van der Waals surface area contributed by atoms with Crippen LogP contribution in [-0.2, 0) is 72.0 Å². The monoisotopic (exact) mass is 1230 g/mol. The number of phenolic OH excluding ortho intramolecular Hbond substituents is 1. The van der Waals surface area contributed by atoms with Crippen LogP contribution in [0.5, 0.6) is 5.75 Å². The number of aromatic nitrogens is 3. The van der Waals surface area contributed by atoms with Crippen LogP contribution in [0.15, 0.2) is 72.2 Å². The third-order valence-electron chi connectivity index (χ3n) is 14.3.